The number of hydrogen-bond donors (Lipinski definition) is 2. The van der Waals surface area contributed by atoms with Gasteiger partial charge in [0.25, 0.3) is 0 Å². The average Bonchev–Trinajstić information content (AvgIpc) is 2.60. The van der Waals surface area contributed by atoms with Crippen molar-refractivity contribution in [3.05, 3.63) is 29.6 Å². The average molecular weight is 464 g/mol. The number of nitrogens with one attached hydrogen (secondary N) is 2. The van der Waals surface area contributed by atoms with Gasteiger partial charge in [-0.2, -0.15) is 0 Å². The lowest BCUT2D eigenvalue weighted by Crippen LogP contribution is -2.37. The molecule has 142 valence electrons. The molecule has 7 heteroatoms. The van der Waals surface area contributed by atoms with Crippen molar-refractivity contribution in [2.45, 2.75) is 33.2 Å². The second kappa shape index (κ2) is 12.3. The van der Waals surface area contributed by atoms with Crippen molar-refractivity contribution in [1.82, 2.24) is 10.6 Å². The monoisotopic (exact) mass is 464 g/mol. The molecule has 1 saturated heterocycles. The summed E-state index contributed by atoms with van der Waals surface area (Å²) in [5.41, 5.74) is 1.52. The molecule has 0 spiro atoms. The zero-order valence-electron chi connectivity index (χ0n) is 15.2. The van der Waals surface area contributed by atoms with Crippen molar-refractivity contribution in [1.29, 1.82) is 0 Å². The zero-order chi connectivity index (χ0) is 17.2. The van der Waals surface area contributed by atoms with E-state index in [4.69, 9.17) is 4.74 Å². The van der Waals surface area contributed by atoms with Crippen molar-refractivity contribution >= 4 is 35.6 Å². The Bertz CT molecular complexity index is 536. The summed E-state index contributed by atoms with van der Waals surface area (Å²) in [5.74, 6) is 0.595. The van der Waals surface area contributed by atoms with Gasteiger partial charge in [-0.1, -0.05) is 19.4 Å². The molecule has 0 atom stereocenters. The van der Waals surface area contributed by atoms with Gasteiger partial charge < -0.3 is 20.3 Å². The van der Waals surface area contributed by atoms with Gasteiger partial charge in [-0.25, -0.2) is 9.38 Å². The maximum Gasteiger partial charge on any atom is 0.191 e. The van der Waals surface area contributed by atoms with E-state index in [-0.39, 0.29) is 29.8 Å². The number of halogens is 2. The van der Waals surface area contributed by atoms with Crippen LogP contribution in [0.4, 0.5) is 10.1 Å². The van der Waals surface area contributed by atoms with Crippen molar-refractivity contribution < 1.29 is 9.13 Å². The molecule has 0 amide bonds. The number of morpholine rings is 1. The minimum Gasteiger partial charge on any atom is -0.378 e. The van der Waals surface area contributed by atoms with Crippen LogP contribution in [0.3, 0.4) is 0 Å². The number of hydrogen-bond acceptors (Lipinski definition) is 3. The third-order valence-corrected chi connectivity index (χ3v) is 3.95. The van der Waals surface area contributed by atoms with Crippen LogP contribution in [-0.2, 0) is 11.3 Å². The van der Waals surface area contributed by atoms with Gasteiger partial charge in [0, 0.05) is 26.2 Å². The fourth-order valence-electron chi connectivity index (χ4n) is 2.61. The van der Waals surface area contributed by atoms with E-state index in [1.807, 2.05) is 24.0 Å². The van der Waals surface area contributed by atoms with Crippen molar-refractivity contribution in [2.75, 3.05) is 44.3 Å². The molecule has 2 rings (SSSR count). The van der Waals surface area contributed by atoms with Gasteiger partial charge in [-0.05, 0) is 31.0 Å². The molecule has 25 heavy (non-hydrogen) atoms. The first-order valence-electron chi connectivity index (χ1n) is 8.88. The first kappa shape index (κ1) is 22.0. The molecule has 0 radical (unpaired) electrons. The maximum absolute atomic E-state index is 14.4. The summed E-state index contributed by atoms with van der Waals surface area (Å²) in [6, 6.07) is 5.39. The van der Waals surface area contributed by atoms with Crippen LogP contribution in [0.15, 0.2) is 23.2 Å². The molecule has 0 unspecified atom stereocenters. The molecule has 0 saturated carbocycles. The molecule has 1 aliphatic heterocycles. The molecular weight excluding hydrogens is 434 g/mol. The van der Waals surface area contributed by atoms with E-state index in [0.717, 1.165) is 50.5 Å². The lowest BCUT2D eigenvalue weighted by Gasteiger charge is -2.29. The normalized spacial score (nSPS) is 14.8. The summed E-state index contributed by atoms with van der Waals surface area (Å²) in [5, 5.41) is 6.51. The fourth-order valence-corrected chi connectivity index (χ4v) is 2.61. The SMILES string of the molecule is CCCCNC(=NCc1ccc(N2CCOCC2)c(F)c1)NCC.I. The number of guanidine groups is 1. The Balaban J connectivity index is 0.00000312. The highest BCUT2D eigenvalue weighted by Gasteiger charge is 2.15. The number of nitrogens with zero attached hydrogens (tertiary/aromatic N) is 2. The Morgan fingerprint density at radius 2 is 2.00 bits per heavy atom. The Kier molecular flexibility index (Phi) is 10.8. The van der Waals surface area contributed by atoms with Gasteiger partial charge in [0.1, 0.15) is 5.82 Å². The molecule has 5 nitrogen and oxygen atoms in total. The maximum atomic E-state index is 14.4. The summed E-state index contributed by atoms with van der Waals surface area (Å²) in [6.07, 6.45) is 2.24. The third kappa shape index (κ3) is 7.35. The van der Waals surface area contributed by atoms with Gasteiger partial charge in [0.15, 0.2) is 5.96 Å². The summed E-state index contributed by atoms with van der Waals surface area (Å²) < 4.78 is 19.7. The lowest BCUT2D eigenvalue weighted by atomic mass is 10.1. The Hall–Kier alpha value is -1.09. The molecule has 1 aromatic rings. The van der Waals surface area contributed by atoms with Crippen LogP contribution < -0.4 is 15.5 Å². The standard InChI is InChI=1S/C18H29FN4O.HI/c1-3-5-8-21-18(20-4-2)22-14-15-6-7-17(16(19)13-15)23-9-11-24-12-10-23;/h6-7,13H,3-5,8-12,14H2,1-2H3,(H2,20,21,22);1H. The van der Waals surface area contributed by atoms with Gasteiger partial charge >= 0.3 is 0 Å². The van der Waals surface area contributed by atoms with Gasteiger partial charge in [-0.15, -0.1) is 24.0 Å². The molecule has 0 aliphatic carbocycles. The van der Waals surface area contributed by atoms with Crippen molar-refractivity contribution in [3.8, 4) is 0 Å². The molecule has 2 N–H and O–H groups in total. The van der Waals surface area contributed by atoms with Crippen LogP contribution in [0.5, 0.6) is 0 Å². The van der Waals surface area contributed by atoms with Crippen LogP contribution in [-0.4, -0.2) is 45.4 Å². The molecular formula is C18H30FIN4O. The fraction of sp³-hybridized carbons (Fsp3) is 0.611. The summed E-state index contributed by atoms with van der Waals surface area (Å²) in [7, 11) is 0. The zero-order valence-corrected chi connectivity index (χ0v) is 17.5. The minimum absolute atomic E-state index is 0. The predicted molar refractivity (Wildman–Crippen MR) is 113 cm³/mol. The van der Waals surface area contributed by atoms with Crippen LogP contribution in [0, 0.1) is 5.82 Å². The quantitative estimate of drug-likeness (QED) is 0.282. The van der Waals surface area contributed by atoms with E-state index in [0.29, 0.717) is 25.4 Å². The third-order valence-electron chi connectivity index (χ3n) is 3.95. The number of unbranched alkanes of at least 4 members (excludes halogenated alkanes) is 1. The van der Waals surface area contributed by atoms with E-state index in [9.17, 15) is 4.39 Å². The van der Waals surface area contributed by atoms with Gasteiger partial charge in [0.05, 0.1) is 25.4 Å². The summed E-state index contributed by atoms with van der Waals surface area (Å²) in [4.78, 5) is 6.56. The highest BCUT2D eigenvalue weighted by Crippen LogP contribution is 2.21. The highest BCUT2D eigenvalue weighted by molar-refractivity contribution is 14.0. The molecule has 1 aliphatic rings. The van der Waals surface area contributed by atoms with Crippen molar-refractivity contribution in [2.24, 2.45) is 4.99 Å². The molecule has 1 fully saturated rings. The molecule has 0 aromatic heterocycles. The largest absolute Gasteiger partial charge is 0.378 e. The number of rotatable bonds is 7. The van der Waals surface area contributed by atoms with E-state index >= 15 is 0 Å². The number of ether oxygens (including phenoxy) is 1. The van der Waals surface area contributed by atoms with E-state index in [1.165, 1.54) is 0 Å². The van der Waals surface area contributed by atoms with Crippen molar-refractivity contribution in [3.63, 3.8) is 0 Å². The van der Waals surface area contributed by atoms with Crippen LogP contribution in [0.2, 0.25) is 0 Å². The molecule has 1 aromatic carbocycles. The van der Waals surface area contributed by atoms with Gasteiger partial charge in [-0.3, -0.25) is 0 Å². The first-order chi connectivity index (χ1) is 11.7. The molecule has 0 bridgehead atoms. The molecule has 1 heterocycles. The first-order valence-corrected chi connectivity index (χ1v) is 8.88. The van der Waals surface area contributed by atoms with Crippen LogP contribution in [0.1, 0.15) is 32.3 Å². The Morgan fingerprint density at radius 3 is 2.64 bits per heavy atom. The van der Waals surface area contributed by atoms with E-state index < -0.39 is 0 Å². The second-order valence-electron chi connectivity index (χ2n) is 5.86. The topological polar surface area (TPSA) is 48.9 Å². The van der Waals surface area contributed by atoms with Crippen LogP contribution in [0.25, 0.3) is 0 Å². The predicted octanol–water partition coefficient (Wildman–Crippen LogP) is 3.14. The summed E-state index contributed by atoms with van der Waals surface area (Å²) >= 11 is 0. The number of benzene rings is 1. The van der Waals surface area contributed by atoms with Crippen LogP contribution >= 0.6 is 24.0 Å². The minimum atomic E-state index is -0.187. The number of aliphatic imine (C=N–C) groups is 1. The number of anilines is 1. The lowest BCUT2D eigenvalue weighted by molar-refractivity contribution is 0.122. The Labute approximate surface area is 167 Å². The van der Waals surface area contributed by atoms with Gasteiger partial charge in [0.2, 0.25) is 0 Å². The highest BCUT2D eigenvalue weighted by atomic mass is 127. The second-order valence-corrected chi connectivity index (χ2v) is 5.86. The van der Waals surface area contributed by atoms with E-state index in [1.54, 1.807) is 6.07 Å². The summed E-state index contributed by atoms with van der Waals surface area (Å²) in [6.45, 7) is 9.14. The smallest absolute Gasteiger partial charge is 0.191 e. The Morgan fingerprint density at radius 1 is 1.24 bits per heavy atom. The van der Waals surface area contributed by atoms with E-state index in [2.05, 4.69) is 22.5 Å².